The Balaban J connectivity index is 2.78. The van der Waals surface area contributed by atoms with Gasteiger partial charge in [0.1, 0.15) is 0 Å². The predicted molar refractivity (Wildman–Crippen MR) is 51.7 cm³/mol. The Bertz CT molecular complexity index is 316. The summed E-state index contributed by atoms with van der Waals surface area (Å²) in [6.45, 7) is 3.63. The molecule has 68 valence electrons. The maximum absolute atomic E-state index is 10.4. The molecule has 1 aromatic carbocycles. The van der Waals surface area contributed by atoms with Crippen LogP contribution in [0.25, 0.3) is 0 Å². The van der Waals surface area contributed by atoms with E-state index in [1.54, 1.807) is 6.08 Å². The minimum Gasteiger partial charge on any atom is -0.481 e. The summed E-state index contributed by atoms with van der Waals surface area (Å²) < 4.78 is 0. The van der Waals surface area contributed by atoms with Crippen LogP contribution in [0, 0.1) is 0 Å². The second kappa shape index (κ2) is 4.45. The van der Waals surface area contributed by atoms with Gasteiger partial charge >= 0.3 is 5.97 Å². The molecule has 0 spiro atoms. The standard InChI is InChI=1S/C11H12O2/c1-2-4-9-5-3-6-10(7-9)8-11(12)13/h2-3,5-7H,1,4,8H2,(H,12,13). The molecule has 0 fully saturated rings. The van der Waals surface area contributed by atoms with Crippen LogP contribution < -0.4 is 0 Å². The van der Waals surface area contributed by atoms with Crippen LogP contribution in [0.4, 0.5) is 0 Å². The SMILES string of the molecule is C=CCc1cccc(CC(=O)O)c1. The Kier molecular flexibility index (Phi) is 3.26. The number of benzene rings is 1. The van der Waals surface area contributed by atoms with Crippen molar-refractivity contribution in [3.8, 4) is 0 Å². The monoisotopic (exact) mass is 176 g/mol. The summed E-state index contributed by atoms with van der Waals surface area (Å²) in [4.78, 5) is 10.4. The summed E-state index contributed by atoms with van der Waals surface area (Å²) in [6.07, 6.45) is 2.68. The van der Waals surface area contributed by atoms with Gasteiger partial charge in [0.05, 0.1) is 6.42 Å². The van der Waals surface area contributed by atoms with Crippen LogP contribution >= 0.6 is 0 Å². The Labute approximate surface area is 77.5 Å². The molecule has 0 heterocycles. The number of aliphatic carboxylic acids is 1. The Hall–Kier alpha value is -1.57. The molecule has 0 saturated heterocycles. The number of carbonyl (C=O) groups is 1. The number of carboxylic acids is 1. The molecular formula is C11H12O2. The van der Waals surface area contributed by atoms with E-state index in [4.69, 9.17) is 5.11 Å². The molecule has 0 bridgehead atoms. The quantitative estimate of drug-likeness (QED) is 0.713. The van der Waals surface area contributed by atoms with Crippen LogP contribution in [0.5, 0.6) is 0 Å². The maximum atomic E-state index is 10.4. The van der Waals surface area contributed by atoms with Crippen LogP contribution in [-0.4, -0.2) is 11.1 Å². The lowest BCUT2D eigenvalue weighted by Gasteiger charge is -2.00. The minimum absolute atomic E-state index is 0.0883. The zero-order valence-electron chi connectivity index (χ0n) is 7.36. The van der Waals surface area contributed by atoms with Crippen LogP contribution in [0.1, 0.15) is 11.1 Å². The molecule has 0 aliphatic carbocycles. The largest absolute Gasteiger partial charge is 0.481 e. The first-order valence-electron chi connectivity index (χ1n) is 4.13. The topological polar surface area (TPSA) is 37.3 Å². The fourth-order valence-electron chi connectivity index (χ4n) is 1.21. The van der Waals surface area contributed by atoms with Gasteiger partial charge < -0.3 is 5.11 Å². The molecular weight excluding hydrogens is 164 g/mol. The molecule has 0 aliphatic heterocycles. The second-order valence-corrected chi connectivity index (χ2v) is 2.88. The van der Waals surface area contributed by atoms with Crippen molar-refractivity contribution in [2.75, 3.05) is 0 Å². The van der Waals surface area contributed by atoms with Gasteiger partial charge in [-0.25, -0.2) is 0 Å². The number of rotatable bonds is 4. The average Bonchev–Trinajstić information content (AvgIpc) is 2.04. The fourth-order valence-corrected chi connectivity index (χ4v) is 1.21. The van der Waals surface area contributed by atoms with E-state index >= 15 is 0 Å². The van der Waals surface area contributed by atoms with E-state index in [-0.39, 0.29) is 6.42 Å². The maximum Gasteiger partial charge on any atom is 0.307 e. The summed E-state index contributed by atoms with van der Waals surface area (Å²) in [5.74, 6) is -0.796. The van der Waals surface area contributed by atoms with Crippen molar-refractivity contribution >= 4 is 5.97 Å². The van der Waals surface area contributed by atoms with Gasteiger partial charge in [-0.1, -0.05) is 30.3 Å². The number of hydrogen-bond donors (Lipinski definition) is 1. The summed E-state index contributed by atoms with van der Waals surface area (Å²) in [6, 6.07) is 7.56. The molecule has 1 rings (SSSR count). The first-order chi connectivity index (χ1) is 6.22. The van der Waals surface area contributed by atoms with Crippen molar-refractivity contribution in [3.63, 3.8) is 0 Å². The minimum atomic E-state index is -0.796. The third kappa shape index (κ3) is 3.11. The molecule has 2 heteroatoms. The third-order valence-corrected chi connectivity index (χ3v) is 1.73. The van der Waals surface area contributed by atoms with E-state index in [2.05, 4.69) is 6.58 Å². The molecule has 13 heavy (non-hydrogen) atoms. The zero-order valence-corrected chi connectivity index (χ0v) is 7.36. The summed E-state index contributed by atoms with van der Waals surface area (Å²) in [7, 11) is 0. The summed E-state index contributed by atoms with van der Waals surface area (Å²) >= 11 is 0. The highest BCUT2D eigenvalue weighted by molar-refractivity contribution is 5.70. The van der Waals surface area contributed by atoms with E-state index in [9.17, 15) is 4.79 Å². The van der Waals surface area contributed by atoms with Crippen LogP contribution in [0.15, 0.2) is 36.9 Å². The molecule has 0 saturated carbocycles. The van der Waals surface area contributed by atoms with Gasteiger partial charge in [-0.15, -0.1) is 6.58 Å². The van der Waals surface area contributed by atoms with Crippen molar-refractivity contribution < 1.29 is 9.90 Å². The Morgan fingerprint density at radius 2 is 2.15 bits per heavy atom. The Morgan fingerprint density at radius 3 is 2.77 bits per heavy atom. The highest BCUT2D eigenvalue weighted by Gasteiger charge is 2.00. The van der Waals surface area contributed by atoms with Crippen LogP contribution in [0.3, 0.4) is 0 Å². The lowest BCUT2D eigenvalue weighted by molar-refractivity contribution is -0.136. The molecule has 0 radical (unpaired) electrons. The lowest BCUT2D eigenvalue weighted by atomic mass is 10.1. The fraction of sp³-hybridized carbons (Fsp3) is 0.182. The summed E-state index contributed by atoms with van der Waals surface area (Å²) in [5.41, 5.74) is 1.95. The zero-order chi connectivity index (χ0) is 9.68. The lowest BCUT2D eigenvalue weighted by Crippen LogP contribution is -2.00. The Morgan fingerprint density at radius 1 is 1.46 bits per heavy atom. The molecule has 0 atom stereocenters. The second-order valence-electron chi connectivity index (χ2n) is 2.88. The average molecular weight is 176 g/mol. The predicted octanol–water partition coefficient (Wildman–Crippen LogP) is 2.04. The van der Waals surface area contributed by atoms with Gasteiger partial charge in [-0.2, -0.15) is 0 Å². The van der Waals surface area contributed by atoms with E-state index in [0.29, 0.717) is 0 Å². The first kappa shape index (κ1) is 9.52. The van der Waals surface area contributed by atoms with Gasteiger partial charge in [0.2, 0.25) is 0 Å². The molecule has 0 aliphatic rings. The number of hydrogen-bond acceptors (Lipinski definition) is 1. The molecule has 0 aromatic heterocycles. The van der Waals surface area contributed by atoms with Crippen LogP contribution in [0.2, 0.25) is 0 Å². The van der Waals surface area contributed by atoms with Gasteiger partial charge in [-0.3, -0.25) is 4.79 Å². The van der Waals surface area contributed by atoms with E-state index < -0.39 is 5.97 Å². The van der Waals surface area contributed by atoms with Crippen molar-refractivity contribution in [2.45, 2.75) is 12.8 Å². The number of carboxylic acid groups (broad SMARTS) is 1. The molecule has 0 amide bonds. The normalized spacial score (nSPS) is 9.54. The van der Waals surface area contributed by atoms with Crippen molar-refractivity contribution in [1.82, 2.24) is 0 Å². The van der Waals surface area contributed by atoms with Gasteiger partial charge in [0, 0.05) is 0 Å². The van der Waals surface area contributed by atoms with Crippen molar-refractivity contribution in [1.29, 1.82) is 0 Å². The molecule has 1 aromatic rings. The highest BCUT2D eigenvalue weighted by Crippen LogP contribution is 2.06. The first-order valence-corrected chi connectivity index (χ1v) is 4.13. The molecule has 0 unspecified atom stereocenters. The van der Waals surface area contributed by atoms with Crippen LogP contribution in [-0.2, 0) is 17.6 Å². The van der Waals surface area contributed by atoms with E-state index in [0.717, 1.165) is 17.5 Å². The van der Waals surface area contributed by atoms with Gasteiger partial charge in [0.25, 0.3) is 0 Å². The van der Waals surface area contributed by atoms with Crippen molar-refractivity contribution in [3.05, 3.63) is 48.0 Å². The van der Waals surface area contributed by atoms with E-state index in [1.165, 1.54) is 0 Å². The van der Waals surface area contributed by atoms with Gasteiger partial charge in [-0.05, 0) is 17.5 Å². The van der Waals surface area contributed by atoms with Crippen molar-refractivity contribution in [2.24, 2.45) is 0 Å². The van der Waals surface area contributed by atoms with E-state index in [1.807, 2.05) is 24.3 Å². The summed E-state index contributed by atoms with van der Waals surface area (Å²) in [5, 5.41) is 8.57. The third-order valence-electron chi connectivity index (χ3n) is 1.73. The van der Waals surface area contributed by atoms with Gasteiger partial charge in [0.15, 0.2) is 0 Å². The highest BCUT2D eigenvalue weighted by atomic mass is 16.4. The smallest absolute Gasteiger partial charge is 0.307 e. The number of allylic oxidation sites excluding steroid dienone is 1. The molecule has 2 nitrogen and oxygen atoms in total. The molecule has 1 N–H and O–H groups in total.